The van der Waals surface area contributed by atoms with E-state index in [0.29, 0.717) is 5.56 Å². The highest BCUT2D eigenvalue weighted by Crippen LogP contribution is 2.10. The van der Waals surface area contributed by atoms with Crippen molar-refractivity contribution < 1.29 is 19.1 Å². The van der Waals surface area contributed by atoms with Gasteiger partial charge in [0.15, 0.2) is 6.61 Å². The normalized spacial score (nSPS) is 15.4. The van der Waals surface area contributed by atoms with Gasteiger partial charge in [0, 0.05) is 25.7 Å². The number of carbonyl (C=O) groups excluding carboxylic acids is 2. The van der Waals surface area contributed by atoms with Gasteiger partial charge in [-0.15, -0.1) is 0 Å². The van der Waals surface area contributed by atoms with Gasteiger partial charge in [0.25, 0.3) is 5.91 Å². The number of benzene rings is 2. The van der Waals surface area contributed by atoms with E-state index in [1.165, 1.54) is 5.56 Å². The molecule has 6 nitrogen and oxygen atoms in total. The molecule has 1 aliphatic heterocycles. The average molecular weight is 411 g/mol. The molecule has 1 heterocycles. The van der Waals surface area contributed by atoms with Crippen LogP contribution in [-0.4, -0.2) is 55.7 Å². The van der Waals surface area contributed by atoms with E-state index < -0.39 is 5.97 Å². The summed E-state index contributed by atoms with van der Waals surface area (Å²) in [4.78, 5) is 26.6. The number of ether oxygens (including phenoxy) is 2. The van der Waals surface area contributed by atoms with Gasteiger partial charge in [-0.05, 0) is 43.0 Å². The second-order valence-electron chi connectivity index (χ2n) is 7.65. The minimum absolute atomic E-state index is 0.0101. The summed E-state index contributed by atoms with van der Waals surface area (Å²) < 4.78 is 10.5. The third-order valence-electron chi connectivity index (χ3n) is 5.15. The number of aryl methyl sites for hydroxylation is 1. The van der Waals surface area contributed by atoms with Crippen LogP contribution in [0, 0.1) is 0 Å². The lowest BCUT2D eigenvalue weighted by atomic mass is 10.1. The number of carbonyl (C=O) groups is 2. The van der Waals surface area contributed by atoms with E-state index >= 15 is 0 Å². The van der Waals surface area contributed by atoms with Gasteiger partial charge in [-0.3, -0.25) is 9.69 Å². The quantitative estimate of drug-likeness (QED) is 0.644. The van der Waals surface area contributed by atoms with Crippen molar-refractivity contribution in [3.63, 3.8) is 0 Å². The number of hydrogen-bond donors (Lipinski definition) is 1. The van der Waals surface area contributed by atoms with Crippen LogP contribution < -0.4 is 5.32 Å². The third kappa shape index (κ3) is 7.28. The summed E-state index contributed by atoms with van der Waals surface area (Å²) in [6, 6.07) is 17.5. The summed E-state index contributed by atoms with van der Waals surface area (Å²) in [6.45, 7) is 5.88. The zero-order chi connectivity index (χ0) is 21.2. The van der Waals surface area contributed by atoms with E-state index in [2.05, 4.69) is 22.3 Å². The molecule has 1 aliphatic rings. The van der Waals surface area contributed by atoms with Crippen molar-refractivity contribution in [3.8, 4) is 0 Å². The molecule has 0 unspecified atom stereocenters. The van der Waals surface area contributed by atoms with Crippen LogP contribution in [0.5, 0.6) is 0 Å². The van der Waals surface area contributed by atoms with Crippen molar-refractivity contribution in [2.75, 3.05) is 32.9 Å². The lowest BCUT2D eigenvalue weighted by molar-refractivity contribution is -0.124. The Morgan fingerprint density at radius 2 is 1.73 bits per heavy atom. The molecule has 0 aromatic heterocycles. The first-order valence-corrected chi connectivity index (χ1v) is 10.5. The predicted molar refractivity (Wildman–Crippen MR) is 115 cm³/mol. The Kier molecular flexibility index (Phi) is 8.41. The Hall–Kier alpha value is -2.70. The Morgan fingerprint density at radius 3 is 2.43 bits per heavy atom. The molecule has 1 atom stereocenters. The Morgan fingerprint density at radius 1 is 1.03 bits per heavy atom. The van der Waals surface area contributed by atoms with Gasteiger partial charge in [-0.1, -0.05) is 42.5 Å². The van der Waals surface area contributed by atoms with Crippen molar-refractivity contribution >= 4 is 11.9 Å². The maximum atomic E-state index is 12.2. The van der Waals surface area contributed by atoms with Crippen LogP contribution in [0.2, 0.25) is 0 Å². The van der Waals surface area contributed by atoms with E-state index in [1.54, 1.807) is 12.1 Å². The summed E-state index contributed by atoms with van der Waals surface area (Å²) >= 11 is 0. The summed E-state index contributed by atoms with van der Waals surface area (Å²) in [5, 5.41) is 2.88. The Bertz CT molecular complexity index is 802. The van der Waals surface area contributed by atoms with Crippen molar-refractivity contribution in [1.29, 1.82) is 0 Å². The molecule has 1 amide bonds. The van der Waals surface area contributed by atoms with Gasteiger partial charge < -0.3 is 14.8 Å². The number of nitrogens with zero attached hydrogens (tertiary/aromatic N) is 1. The minimum Gasteiger partial charge on any atom is -0.452 e. The van der Waals surface area contributed by atoms with E-state index in [-0.39, 0.29) is 18.6 Å². The predicted octanol–water partition coefficient (Wildman–Crippen LogP) is 2.81. The number of morpholine rings is 1. The van der Waals surface area contributed by atoms with E-state index in [9.17, 15) is 9.59 Å². The van der Waals surface area contributed by atoms with Crippen LogP contribution in [0.25, 0.3) is 0 Å². The highest BCUT2D eigenvalue weighted by atomic mass is 16.5. The molecule has 30 heavy (non-hydrogen) atoms. The fraction of sp³-hybridized carbons (Fsp3) is 0.417. The molecule has 1 fully saturated rings. The molecule has 0 spiro atoms. The Labute approximate surface area is 178 Å². The third-order valence-corrected chi connectivity index (χ3v) is 5.15. The standard InChI is InChI=1S/C24H30N2O4/c1-19(7-8-20-5-3-2-4-6-20)25-23(27)18-30-24(28)22-11-9-21(10-12-22)17-26-13-15-29-16-14-26/h2-6,9-12,19H,7-8,13-18H2,1H3,(H,25,27)/t19-/m0/s1. The molecular weight excluding hydrogens is 380 g/mol. The van der Waals surface area contributed by atoms with Crippen LogP contribution in [0.3, 0.4) is 0 Å². The molecule has 3 rings (SSSR count). The summed E-state index contributed by atoms with van der Waals surface area (Å²) in [7, 11) is 0. The van der Waals surface area contributed by atoms with Crippen LogP contribution in [0.4, 0.5) is 0 Å². The van der Waals surface area contributed by atoms with Crippen LogP contribution in [0.15, 0.2) is 54.6 Å². The zero-order valence-corrected chi connectivity index (χ0v) is 17.5. The SMILES string of the molecule is C[C@@H](CCc1ccccc1)NC(=O)COC(=O)c1ccc(CN2CCOCC2)cc1. The molecule has 2 aromatic carbocycles. The van der Waals surface area contributed by atoms with Crippen LogP contribution in [-0.2, 0) is 27.2 Å². The molecule has 160 valence electrons. The highest BCUT2D eigenvalue weighted by molar-refractivity contribution is 5.91. The van der Waals surface area contributed by atoms with E-state index in [0.717, 1.165) is 51.3 Å². The van der Waals surface area contributed by atoms with Gasteiger partial charge in [-0.2, -0.15) is 0 Å². The van der Waals surface area contributed by atoms with Gasteiger partial charge in [0.1, 0.15) is 0 Å². The smallest absolute Gasteiger partial charge is 0.338 e. The highest BCUT2D eigenvalue weighted by Gasteiger charge is 2.14. The first-order chi connectivity index (χ1) is 14.6. The number of amides is 1. The van der Waals surface area contributed by atoms with E-state index in [1.807, 2.05) is 37.3 Å². The van der Waals surface area contributed by atoms with Gasteiger partial charge >= 0.3 is 5.97 Å². The topological polar surface area (TPSA) is 67.9 Å². The molecule has 1 N–H and O–H groups in total. The van der Waals surface area contributed by atoms with E-state index in [4.69, 9.17) is 9.47 Å². The summed E-state index contributed by atoms with van der Waals surface area (Å²) in [5.74, 6) is -0.770. The number of hydrogen-bond acceptors (Lipinski definition) is 5. The largest absolute Gasteiger partial charge is 0.452 e. The molecule has 6 heteroatoms. The molecule has 0 aliphatic carbocycles. The fourth-order valence-electron chi connectivity index (χ4n) is 3.39. The fourth-order valence-corrected chi connectivity index (χ4v) is 3.39. The van der Waals surface area contributed by atoms with Gasteiger partial charge in [-0.25, -0.2) is 4.79 Å². The van der Waals surface area contributed by atoms with Gasteiger partial charge in [0.05, 0.1) is 18.8 Å². The zero-order valence-electron chi connectivity index (χ0n) is 17.5. The molecule has 0 saturated carbocycles. The molecule has 2 aromatic rings. The maximum absolute atomic E-state index is 12.2. The van der Waals surface area contributed by atoms with Crippen molar-refractivity contribution in [2.24, 2.45) is 0 Å². The monoisotopic (exact) mass is 410 g/mol. The minimum atomic E-state index is -0.486. The number of rotatable bonds is 9. The van der Waals surface area contributed by atoms with Crippen LogP contribution in [0.1, 0.15) is 34.8 Å². The molecule has 0 bridgehead atoms. The number of esters is 1. The molecular formula is C24H30N2O4. The lowest BCUT2D eigenvalue weighted by Gasteiger charge is -2.26. The first-order valence-electron chi connectivity index (χ1n) is 10.5. The lowest BCUT2D eigenvalue weighted by Crippen LogP contribution is -2.36. The van der Waals surface area contributed by atoms with Crippen LogP contribution >= 0.6 is 0 Å². The summed E-state index contributed by atoms with van der Waals surface area (Å²) in [5.41, 5.74) is 2.83. The van der Waals surface area contributed by atoms with Crippen molar-refractivity contribution in [2.45, 2.75) is 32.4 Å². The molecule has 1 saturated heterocycles. The van der Waals surface area contributed by atoms with Crippen molar-refractivity contribution in [3.05, 3.63) is 71.3 Å². The maximum Gasteiger partial charge on any atom is 0.338 e. The second kappa shape index (κ2) is 11.5. The number of nitrogens with one attached hydrogen (secondary N) is 1. The average Bonchev–Trinajstić information content (AvgIpc) is 2.78. The first kappa shape index (κ1) is 22.0. The summed E-state index contributed by atoms with van der Waals surface area (Å²) in [6.07, 6.45) is 1.72. The van der Waals surface area contributed by atoms with Gasteiger partial charge in [0.2, 0.25) is 0 Å². The van der Waals surface area contributed by atoms with Crippen molar-refractivity contribution in [1.82, 2.24) is 10.2 Å². The second-order valence-corrected chi connectivity index (χ2v) is 7.65. The molecule has 0 radical (unpaired) electrons. The Balaban J connectivity index is 1.37.